The van der Waals surface area contributed by atoms with Gasteiger partial charge in [-0.3, -0.25) is 0 Å². The van der Waals surface area contributed by atoms with Crippen LogP contribution in [0.3, 0.4) is 0 Å². The molecule has 1 fully saturated rings. The van der Waals surface area contributed by atoms with E-state index in [4.69, 9.17) is 0 Å². The highest BCUT2D eigenvalue weighted by Gasteiger charge is 2.15. The van der Waals surface area contributed by atoms with Gasteiger partial charge in [0.05, 0.1) is 11.7 Å². The Balaban J connectivity index is 2.08. The van der Waals surface area contributed by atoms with E-state index in [0.717, 1.165) is 18.8 Å². The third-order valence-corrected chi connectivity index (χ3v) is 2.27. The van der Waals surface area contributed by atoms with Crippen molar-refractivity contribution in [3.05, 3.63) is 11.9 Å². The average Bonchev–Trinajstić information content (AvgIpc) is 2.54. The smallest absolute Gasteiger partial charge is 0.0796 e. The SMILES string of the molecule is Cc1cn(C2CCCNC2)nn1. The van der Waals surface area contributed by atoms with E-state index in [-0.39, 0.29) is 0 Å². The van der Waals surface area contributed by atoms with Gasteiger partial charge in [-0.25, -0.2) is 4.68 Å². The molecule has 0 aliphatic carbocycles. The van der Waals surface area contributed by atoms with Gasteiger partial charge in [0, 0.05) is 12.7 Å². The standard InChI is InChI=1S/C8H14N4/c1-7-6-12(11-10-7)8-3-2-4-9-5-8/h6,8-9H,2-5H2,1H3. The number of nitrogens with one attached hydrogen (secondary N) is 1. The summed E-state index contributed by atoms with van der Waals surface area (Å²) in [5, 5.41) is 11.4. The van der Waals surface area contributed by atoms with Crippen molar-refractivity contribution in [2.24, 2.45) is 0 Å². The van der Waals surface area contributed by atoms with Crippen LogP contribution in [0.25, 0.3) is 0 Å². The molecule has 1 atom stereocenters. The minimum absolute atomic E-state index is 0.514. The van der Waals surface area contributed by atoms with Crippen molar-refractivity contribution < 1.29 is 0 Å². The highest BCUT2D eigenvalue weighted by Crippen LogP contribution is 2.14. The second-order valence-corrected chi connectivity index (χ2v) is 3.34. The van der Waals surface area contributed by atoms with E-state index in [9.17, 15) is 0 Å². The van der Waals surface area contributed by atoms with E-state index < -0.39 is 0 Å². The first kappa shape index (κ1) is 7.73. The van der Waals surface area contributed by atoms with Crippen LogP contribution in [0.1, 0.15) is 24.6 Å². The first-order chi connectivity index (χ1) is 5.86. The molecule has 1 aromatic rings. The summed E-state index contributed by atoms with van der Waals surface area (Å²) in [6, 6.07) is 0.514. The molecule has 1 N–H and O–H groups in total. The number of hydrogen-bond donors (Lipinski definition) is 1. The lowest BCUT2D eigenvalue weighted by Gasteiger charge is -2.22. The van der Waals surface area contributed by atoms with Crippen LogP contribution in [0.5, 0.6) is 0 Å². The lowest BCUT2D eigenvalue weighted by atomic mass is 10.1. The molecule has 1 aliphatic heterocycles. The number of hydrogen-bond acceptors (Lipinski definition) is 3. The molecule has 0 radical (unpaired) electrons. The molecule has 0 saturated carbocycles. The van der Waals surface area contributed by atoms with Crippen LogP contribution in [0, 0.1) is 6.92 Å². The molecule has 2 rings (SSSR count). The van der Waals surface area contributed by atoms with Crippen LogP contribution in [0.15, 0.2) is 6.20 Å². The zero-order chi connectivity index (χ0) is 8.39. The van der Waals surface area contributed by atoms with Crippen LogP contribution in [0.4, 0.5) is 0 Å². The maximum absolute atomic E-state index is 4.07. The maximum Gasteiger partial charge on any atom is 0.0796 e. The largest absolute Gasteiger partial charge is 0.315 e. The predicted molar refractivity (Wildman–Crippen MR) is 45.9 cm³/mol. The number of rotatable bonds is 1. The van der Waals surface area contributed by atoms with Gasteiger partial charge in [0.25, 0.3) is 0 Å². The summed E-state index contributed by atoms with van der Waals surface area (Å²) in [5.74, 6) is 0. The lowest BCUT2D eigenvalue weighted by molar-refractivity contribution is 0.341. The fourth-order valence-corrected chi connectivity index (χ4v) is 1.60. The molecule has 1 unspecified atom stereocenters. The summed E-state index contributed by atoms with van der Waals surface area (Å²) in [4.78, 5) is 0. The van der Waals surface area contributed by atoms with Gasteiger partial charge >= 0.3 is 0 Å². The summed E-state index contributed by atoms with van der Waals surface area (Å²) < 4.78 is 1.97. The number of nitrogens with zero attached hydrogens (tertiary/aromatic N) is 3. The zero-order valence-electron chi connectivity index (χ0n) is 7.32. The van der Waals surface area contributed by atoms with E-state index >= 15 is 0 Å². The van der Waals surface area contributed by atoms with E-state index in [2.05, 4.69) is 15.6 Å². The molecule has 4 nitrogen and oxygen atoms in total. The van der Waals surface area contributed by atoms with Crippen LogP contribution < -0.4 is 5.32 Å². The first-order valence-corrected chi connectivity index (χ1v) is 4.45. The van der Waals surface area contributed by atoms with Crippen LogP contribution in [-0.2, 0) is 0 Å². The summed E-state index contributed by atoms with van der Waals surface area (Å²) in [5.41, 5.74) is 1.00. The number of aromatic nitrogens is 3. The highest BCUT2D eigenvalue weighted by atomic mass is 15.4. The Labute approximate surface area is 72.0 Å². The van der Waals surface area contributed by atoms with Crippen LogP contribution in [0.2, 0.25) is 0 Å². The molecular formula is C8H14N4. The average molecular weight is 166 g/mol. The van der Waals surface area contributed by atoms with Crippen molar-refractivity contribution in [2.45, 2.75) is 25.8 Å². The minimum Gasteiger partial charge on any atom is -0.315 e. The van der Waals surface area contributed by atoms with E-state index in [1.54, 1.807) is 0 Å². The summed E-state index contributed by atoms with van der Waals surface area (Å²) >= 11 is 0. The molecular weight excluding hydrogens is 152 g/mol. The van der Waals surface area contributed by atoms with Crippen LogP contribution in [-0.4, -0.2) is 28.1 Å². The lowest BCUT2D eigenvalue weighted by Crippen LogP contribution is -2.31. The molecule has 4 heteroatoms. The topological polar surface area (TPSA) is 42.7 Å². The minimum atomic E-state index is 0.514. The molecule has 66 valence electrons. The Morgan fingerprint density at radius 2 is 2.58 bits per heavy atom. The molecule has 1 aromatic heterocycles. The summed E-state index contributed by atoms with van der Waals surface area (Å²) in [7, 11) is 0. The normalized spacial score (nSPS) is 24.2. The third kappa shape index (κ3) is 1.48. The van der Waals surface area contributed by atoms with Crippen molar-refractivity contribution in [3.63, 3.8) is 0 Å². The van der Waals surface area contributed by atoms with Gasteiger partial charge in [-0.1, -0.05) is 5.21 Å². The molecule has 12 heavy (non-hydrogen) atoms. The van der Waals surface area contributed by atoms with E-state index in [1.165, 1.54) is 12.8 Å². The van der Waals surface area contributed by atoms with Gasteiger partial charge in [-0.15, -0.1) is 5.10 Å². The van der Waals surface area contributed by atoms with Crippen molar-refractivity contribution >= 4 is 0 Å². The molecule has 0 bridgehead atoms. The Kier molecular flexibility index (Phi) is 2.08. The van der Waals surface area contributed by atoms with Crippen molar-refractivity contribution in [3.8, 4) is 0 Å². The molecule has 1 aliphatic rings. The first-order valence-electron chi connectivity index (χ1n) is 4.45. The fourth-order valence-electron chi connectivity index (χ4n) is 1.60. The third-order valence-electron chi connectivity index (χ3n) is 2.27. The number of aryl methyl sites for hydroxylation is 1. The zero-order valence-corrected chi connectivity index (χ0v) is 7.32. The Morgan fingerprint density at radius 3 is 3.17 bits per heavy atom. The van der Waals surface area contributed by atoms with Crippen LogP contribution >= 0.6 is 0 Å². The Morgan fingerprint density at radius 1 is 1.67 bits per heavy atom. The van der Waals surface area contributed by atoms with Gasteiger partial charge in [-0.2, -0.15) is 0 Å². The van der Waals surface area contributed by atoms with Crippen molar-refractivity contribution in [1.82, 2.24) is 20.3 Å². The molecule has 2 heterocycles. The van der Waals surface area contributed by atoms with E-state index in [1.807, 2.05) is 17.8 Å². The quantitative estimate of drug-likeness (QED) is 0.661. The molecule has 0 amide bonds. The van der Waals surface area contributed by atoms with Gasteiger partial charge in [0.15, 0.2) is 0 Å². The van der Waals surface area contributed by atoms with Crippen molar-refractivity contribution in [2.75, 3.05) is 13.1 Å². The van der Waals surface area contributed by atoms with Gasteiger partial charge in [0.2, 0.25) is 0 Å². The Bertz CT molecular complexity index is 249. The predicted octanol–water partition coefficient (Wildman–Crippen LogP) is 0.511. The monoisotopic (exact) mass is 166 g/mol. The maximum atomic E-state index is 4.07. The Hall–Kier alpha value is -0.900. The second-order valence-electron chi connectivity index (χ2n) is 3.34. The number of piperidine rings is 1. The molecule has 1 saturated heterocycles. The van der Waals surface area contributed by atoms with Gasteiger partial charge in [-0.05, 0) is 26.3 Å². The van der Waals surface area contributed by atoms with E-state index in [0.29, 0.717) is 6.04 Å². The van der Waals surface area contributed by atoms with Gasteiger partial charge < -0.3 is 5.32 Å². The second kappa shape index (κ2) is 3.23. The highest BCUT2D eigenvalue weighted by molar-refractivity contribution is 4.89. The van der Waals surface area contributed by atoms with Crippen molar-refractivity contribution in [1.29, 1.82) is 0 Å². The summed E-state index contributed by atoms with van der Waals surface area (Å²) in [6.45, 7) is 4.15. The molecule has 0 aromatic carbocycles. The van der Waals surface area contributed by atoms with Gasteiger partial charge in [0.1, 0.15) is 0 Å². The summed E-state index contributed by atoms with van der Waals surface area (Å²) in [6.07, 6.45) is 4.47. The fraction of sp³-hybridized carbons (Fsp3) is 0.750. The molecule has 0 spiro atoms.